The predicted molar refractivity (Wildman–Crippen MR) is 78.2 cm³/mol. The number of hydrogen-bond donors (Lipinski definition) is 1. The summed E-state index contributed by atoms with van der Waals surface area (Å²) in [6.45, 7) is 5.81. The molecular formula is C13H16BrNO2S. The lowest BCUT2D eigenvalue weighted by Gasteiger charge is -2.34. The maximum absolute atomic E-state index is 12.3. The maximum atomic E-state index is 12.3. The number of nitrogens with zero attached hydrogens (tertiary/aromatic N) is 1. The van der Waals surface area contributed by atoms with Crippen LogP contribution in [0.1, 0.15) is 24.2 Å². The van der Waals surface area contributed by atoms with Gasteiger partial charge in [-0.25, -0.2) is 0 Å². The molecule has 0 aliphatic carbocycles. The van der Waals surface area contributed by atoms with E-state index >= 15 is 0 Å². The van der Waals surface area contributed by atoms with Gasteiger partial charge in [0.25, 0.3) is 5.91 Å². The molecule has 0 saturated carbocycles. The van der Waals surface area contributed by atoms with E-state index in [0.29, 0.717) is 20.5 Å². The second-order valence-electron chi connectivity index (χ2n) is 4.63. The van der Waals surface area contributed by atoms with E-state index in [9.17, 15) is 9.90 Å². The van der Waals surface area contributed by atoms with E-state index < -0.39 is 0 Å². The van der Waals surface area contributed by atoms with Crippen molar-refractivity contribution in [3.8, 4) is 5.75 Å². The van der Waals surface area contributed by atoms with Crippen LogP contribution in [0.15, 0.2) is 22.7 Å². The lowest BCUT2D eigenvalue weighted by atomic mass is 10.1. The zero-order valence-electron chi connectivity index (χ0n) is 10.4. The molecule has 1 fully saturated rings. The minimum absolute atomic E-state index is 0.00296. The zero-order valence-corrected chi connectivity index (χ0v) is 12.8. The lowest BCUT2D eigenvalue weighted by Crippen LogP contribution is -2.44. The third-order valence-electron chi connectivity index (χ3n) is 2.90. The van der Waals surface area contributed by atoms with Crippen molar-refractivity contribution in [1.82, 2.24) is 4.90 Å². The van der Waals surface area contributed by atoms with Crippen LogP contribution in [0, 0.1) is 0 Å². The molecule has 3 nitrogen and oxygen atoms in total. The van der Waals surface area contributed by atoms with E-state index in [1.807, 2.05) is 16.7 Å². The van der Waals surface area contributed by atoms with E-state index in [4.69, 9.17) is 0 Å². The smallest absolute Gasteiger partial charge is 0.254 e. The van der Waals surface area contributed by atoms with Gasteiger partial charge in [0.1, 0.15) is 5.75 Å². The van der Waals surface area contributed by atoms with Gasteiger partial charge in [-0.15, -0.1) is 0 Å². The van der Waals surface area contributed by atoms with Gasteiger partial charge in [-0.2, -0.15) is 11.8 Å². The Balaban J connectivity index is 2.17. The van der Waals surface area contributed by atoms with Crippen LogP contribution >= 0.6 is 27.7 Å². The Kier molecular flexibility index (Phi) is 4.22. The summed E-state index contributed by atoms with van der Waals surface area (Å²) in [5.41, 5.74) is 0.544. The van der Waals surface area contributed by atoms with Crippen molar-refractivity contribution in [2.24, 2.45) is 0 Å². The summed E-state index contributed by atoms with van der Waals surface area (Å²) < 4.78 is 0.606. The predicted octanol–water partition coefficient (Wildman–Crippen LogP) is 3.12. The summed E-state index contributed by atoms with van der Waals surface area (Å²) in [4.78, 5) is 14.2. The van der Waals surface area contributed by atoms with Crippen LogP contribution in [0.3, 0.4) is 0 Å². The number of carbonyl (C=O) groups is 1. The van der Waals surface area contributed by atoms with Gasteiger partial charge in [-0.1, -0.05) is 13.8 Å². The van der Waals surface area contributed by atoms with E-state index in [-0.39, 0.29) is 11.7 Å². The highest BCUT2D eigenvalue weighted by Crippen LogP contribution is 2.28. The number of amides is 1. The maximum Gasteiger partial charge on any atom is 0.254 e. The van der Waals surface area contributed by atoms with Crippen molar-refractivity contribution >= 4 is 33.6 Å². The fraction of sp³-hybridized carbons (Fsp3) is 0.462. The van der Waals surface area contributed by atoms with Gasteiger partial charge in [0.05, 0.1) is 4.47 Å². The molecule has 2 atom stereocenters. The third-order valence-corrected chi connectivity index (χ3v) is 4.80. The van der Waals surface area contributed by atoms with E-state index in [1.54, 1.807) is 12.1 Å². The van der Waals surface area contributed by atoms with Crippen LogP contribution in [0.5, 0.6) is 5.75 Å². The fourth-order valence-corrected chi connectivity index (χ4v) is 3.74. The molecule has 0 radical (unpaired) electrons. The fourth-order valence-electron chi connectivity index (χ4n) is 2.17. The molecule has 1 amide bonds. The topological polar surface area (TPSA) is 40.5 Å². The molecule has 0 spiro atoms. The molecule has 18 heavy (non-hydrogen) atoms. The van der Waals surface area contributed by atoms with Crippen LogP contribution < -0.4 is 0 Å². The Morgan fingerprint density at radius 3 is 2.56 bits per heavy atom. The van der Waals surface area contributed by atoms with Crippen LogP contribution in [-0.2, 0) is 0 Å². The molecule has 1 heterocycles. The monoisotopic (exact) mass is 329 g/mol. The number of rotatable bonds is 1. The number of phenolic OH excluding ortho intramolecular Hbond substituents is 1. The summed E-state index contributed by atoms with van der Waals surface area (Å²) in [5.74, 6) is 0.102. The quantitative estimate of drug-likeness (QED) is 0.860. The van der Waals surface area contributed by atoms with Crippen LogP contribution in [0.2, 0.25) is 0 Å². The Labute approximate surface area is 120 Å². The highest BCUT2D eigenvalue weighted by atomic mass is 79.9. The van der Waals surface area contributed by atoms with Gasteiger partial charge in [0, 0.05) is 29.2 Å². The van der Waals surface area contributed by atoms with Crippen LogP contribution in [-0.4, -0.2) is 39.5 Å². The van der Waals surface area contributed by atoms with Gasteiger partial charge in [-0.3, -0.25) is 4.79 Å². The number of benzene rings is 1. The highest BCUT2D eigenvalue weighted by Gasteiger charge is 2.26. The first-order valence-corrected chi connectivity index (χ1v) is 7.64. The van der Waals surface area contributed by atoms with Crippen molar-refractivity contribution in [1.29, 1.82) is 0 Å². The normalized spacial score (nSPS) is 24.1. The van der Waals surface area contributed by atoms with Crippen molar-refractivity contribution in [3.63, 3.8) is 0 Å². The molecular weight excluding hydrogens is 314 g/mol. The molecule has 1 aliphatic heterocycles. The van der Waals surface area contributed by atoms with Crippen molar-refractivity contribution < 1.29 is 9.90 Å². The van der Waals surface area contributed by atoms with Crippen molar-refractivity contribution in [2.75, 3.05) is 13.1 Å². The number of carbonyl (C=O) groups excluding carboxylic acids is 1. The molecule has 98 valence electrons. The van der Waals surface area contributed by atoms with Gasteiger partial charge in [-0.05, 0) is 34.1 Å². The first kappa shape index (κ1) is 13.7. The highest BCUT2D eigenvalue weighted by molar-refractivity contribution is 9.10. The second-order valence-corrected chi connectivity index (χ2v) is 7.37. The Morgan fingerprint density at radius 2 is 2.00 bits per heavy atom. The first-order chi connectivity index (χ1) is 8.47. The first-order valence-electron chi connectivity index (χ1n) is 5.90. The van der Waals surface area contributed by atoms with Gasteiger partial charge < -0.3 is 10.0 Å². The molecule has 2 rings (SSSR count). The molecule has 0 bridgehead atoms. The largest absolute Gasteiger partial charge is 0.507 e. The average molecular weight is 330 g/mol. The number of halogens is 1. The molecule has 1 aliphatic rings. The Bertz CT molecular complexity index is 456. The minimum atomic E-state index is -0.00296. The summed E-state index contributed by atoms with van der Waals surface area (Å²) in [5, 5.41) is 10.5. The minimum Gasteiger partial charge on any atom is -0.507 e. The summed E-state index contributed by atoms with van der Waals surface area (Å²) in [7, 11) is 0. The average Bonchev–Trinajstić information content (AvgIpc) is 2.30. The molecule has 1 aromatic carbocycles. The molecule has 1 aromatic rings. The van der Waals surface area contributed by atoms with Crippen LogP contribution in [0.25, 0.3) is 0 Å². The van der Waals surface area contributed by atoms with E-state index in [2.05, 4.69) is 29.8 Å². The van der Waals surface area contributed by atoms with Gasteiger partial charge in [0.15, 0.2) is 0 Å². The SMILES string of the molecule is CC1CN(C(=O)c2ccc(Br)c(O)c2)CC(C)S1. The number of hydrogen-bond acceptors (Lipinski definition) is 3. The number of phenols is 1. The molecule has 1 saturated heterocycles. The molecule has 2 unspecified atom stereocenters. The zero-order chi connectivity index (χ0) is 13.3. The summed E-state index contributed by atoms with van der Waals surface area (Å²) in [6.07, 6.45) is 0. The Hall–Kier alpha value is -0.680. The molecule has 0 aromatic heterocycles. The molecule has 5 heteroatoms. The number of thioether (sulfide) groups is 1. The third kappa shape index (κ3) is 3.01. The second kappa shape index (κ2) is 5.53. The Morgan fingerprint density at radius 1 is 1.39 bits per heavy atom. The molecule has 1 N–H and O–H groups in total. The summed E-state index contributed by atoms with van der Waals surface area (Å²) in [6, 6.07) is 4.96. The van der Waals surface area contributed by atoms with Gasteiger partial charge in [0.2, 0.25) is 0 Å². The lowest BCUT2D eigenvalue weighted by molar-refractivity contribution is 0.0753. The van der Waals surface area contributed by atoms with Gasteiger partial charge >= 0.3 is 0 Å². The van der Waals surface area contributed by atoms with E-state index in [1.165, 1.54) is 6.07 Å². The summed E-state index contributed by atoms with van der Waals surface area (Å²) >= 11 is 5.13. The van der Waals surface area contributed by atoms with Crippen molar-refractivity contribution in [2.45, 2.75) is 24.3 Å². The number of aromatic hydroxyl groups is 1. The van der Waals surface area contributed by atoms with E-state index in [0.717, 1.165) is 13.1 Å². The van der Waals surface area contributed by atoms with Crippen LogP contribution in [0.4, 0.5) is 0 Å². The standard InChI is InChI=1S/C13H16BrNO2S/c1-8-6-15(7-9(2)18-8)13(17)10-3-4-11(14)12(16)5-10/h3-5,8-9,16H,6-7H2,1-2H3. The van der Waals surface area contributed by atoms with Crippen molar-refractivity contribution in [3.05, 3.63) is 28.2 Å².